The second-order valence-electron chi connectivity index (χ2n) is 6.30. The average Bonchev–Trinajstić information content (AvgIpc) is 2.62. The number of amides is 2. The van der Waals surface area contributed by atoms with E-state index in [2.05, 4.69) is 10.6 Å². The molecule has 0 aliphatic heterocycles. The van der Waals surface area contributed by atoms with Crippen LogP contribution in [0.15, 0.2) is 54.6 Å². The fourth-order valence-electron chi connectivity index (χ4n) is 2.28. The van der Waals surface area contributed by atoms with Crippen molar-refractivity contribution in [3.8, 4) is 5.75 Å². The highest BCUT2D eigenvalue weighted by atomic mass is 16.5. The zero-order valence-electron chi connectivity index (χ0n) is 14.8. The molecule has 0 atom stereocenters. The summed E-state index contributed by atoms with van der Waals surface area (Å²) in [6, 6.07) is 16.8. The summed E-state index contributed by atoms with van der Waals surface area (Å²) in [6.45, 7) is 3.69. The van der Waals surface area contributed by atoms with Gasteiger partial charge >= 0.3 is 0 Å². The van der Waals surface area contributed by atoms with E-state index in [9.17, 15) is 9.59 Å². The fourth-order valence-corrected chi connectivity index (χ4v) is 2.28. The molecule has 0 bridgehead atoms. The van der Waals surface area contributed by atoms with Crippen LogP contribution in [0.4, 0.5) is 5.69 Å². The minimum atomic E-state index is -1.16. The number of methoxy groups -OCH3 is 1. The first kappa shape index (κ1) is 18.5. The summed E-state index contributed by atoms with van der Waals surface area (Å²) in [7, 11) is 1.62. The molecule has 0 aliphatic rings. The highest BCUT2D eigenvalue weighted by Gasteiger charge is 2.35. The van der Waals surface area contributed by atoms with Crippen LogP contribution < -0.4 is 15.4 Å². The minimum absolute atomic E-state index is 0.302. The molecule has 0 radical (unpaired) electrons. The van der Waals surface area contributed by atoms with Gasteiger partial charge < -0.3 is 15.4 Å². The van der Waals surface area contributed by atoms with Crippen molar-refractivity contribution in [2.24, 2.45) is 5.41 Å². The van der Waals surface area contributed by atoms with E-state index >= 15 is 0 Å². The van der Waals surface area contributed by atoms with Gasteiger partial charge in [-0.1, -0.05) is 30.3 Å². The van der Waals surface area contributed by atoms with E-state index in [0.29, 0.717) is 18.7 Å². The van der Waals surface area contributed by atoms with Crippen molar-refractivity contribution in [2.75, 3.05) is 19.0 Å². The molecule has 0 spiro atoms. The van der Waals surface area contributed by atoms with Gasteiger partial charge in [0, 0.05) is 12.2 Å². The molecule has 25 heavy (non-hydrogen) atoms. The van der Waals surface area contributed by atoms with Gasteiger partial charge in [0.05, 0.1) is 7.11 Å². The number of hydrogen-bond acceptors (Lipinski definition) is 3. The predicted molar refractivity (Wildman–Crippen MR) is 98.6 cm³/mol. The smallest absolute Gasteiger partial charge is 0.239 e. The number of hydrogen-bond donors (Lipinski definition) is 2. The van der Waals surface area contributed by atoms with Crippen LogP contribution in [0, 0.1) is 5.41 Å². The second kappa shape index (κ2) is 8.33. The van der Waals surface area contributed by atoms with Crippen LogP contribution >= 0.6 is 0 Å². The Balaban J connectivity index is 1.88. The van der Waals surface area contributed by atoms with Crippen LogP contribution in [-0.2, 0) is 16.0 Å². The molecule has 2 rings (SSSR count). The van der Waals surface area contributed by atoms with Gasteiger partial charge in [-0.3, -0.25) is 9.59 Å². The average molecular weight is 340 g/mol. The Morgan fingerprint density at radius 2 is 1.72 bits per heavy atom. The highest BCUT2D eigenvalue weighted by Crippen LogP contribution is 2.19. The first-order chi connectivity index (χ1) is 11.9. The Morgan fingerprint density at radius 3 is 2.40 bits per heavy atom. The number of ether oxygens (including phenoxy) is 1. The summed E-state index contributed by atoms with van der Waals surface area (Å²) in [6.07, 6.45) is 0.666. The second-order valence-corrected chi connectivity index (χ2v) is 6.30. The van der Waals surface area contributed by atoms with Gasteiger partial charge in [-0.15, -0.1) is 0 Å². The molecule has 0 aliphatic carbocycles. The molecule has 0 heterocycles. The van der Waals surface area contributed by atoms with E-state index < -0.39 is 5.41 Å². The maximum atomic E-state index is 12.4. The topological polar surface area (TPSA) is 67.4 Å². The third kappa shape index (κ3) is 5.08. The van der Waals surface area contributed by atoms with Crippen molar-refractivity contribution in [3.63, 3.8) is 0 Å². The monoisotopic (exact) mass is 340 g/mol. The third-order valence-electron chi connectivity index (χ3n) is 4.00. The Kier molecular flexibility index (Phi) is 6.17. The standard InChI is InChI=1S/C20H24N2O3/c1-20(2,19(24)22-16-9-5-4-6-10-16)18(23)21-13-12-15-8-7-11-17(14-15)25-3/h4-11,14H,12-13H2,1-3H3,(H,21,23)(H,22,24). The molecule has 5 heteroatoms. The lowest BCUT2D eigenvalue weighted by Gasteiger charge is -2.22. The maximum Gasteiger partial charge on any atom is 0.239 e. The molecular weight excluding hydrogens is 316 g/mol. The van der Waals surface area contributed by atoms with E-state index in [4.69, 9.17) is 4.74 Å². The summed E-state index contributed by atoms with van der Waals surface area (Å²) in [5.41, 5.74) is 0.570. The zero-order valence-corrected chi connectivity index (χ0v) is 14.8. The third-order valence-corrected chi connectivity index (χ3v) is 4.00. The molecule has 132 valence electrons. The normalized spacial score (nSPS) is 10.8. The molecule has 2 N–H and O–H groups in total. The van der Waals surface area contributed by atoms with E-state index in [1.807, 2.05) is 42.5 Å². The van der Waals surface area contributed by atoms with Gasteiger partial charge in [0.2, 0.25) is 11.8 Å². The SMILES string of the molecule is COc1cccc(CCNC(=O)C(C)(C)C(=O)Nc2ccccc2)c1. The number of nitrogens with one attached hydrogen (secondary N) is 2. The molecular formula is C20H24N2O3. The molecule has 0 unspecified atom stereocenters. The molecule has 0 saturated heterocycles. The van der Waals surface area contributed by atoms with E-state index in [0.717, 1.165) is 11.3 Å². The number of anilines is 1. The molecule has 0 saturated carbocycles. The van der Waals surface area contributed by atoms with Gasteiger partial charge in [-0.2, -0.15) is 0 Å². The molecule has 2 aromatic rings. The van der Waals surface area contributed by atoms with Crippen LogP contribution in [0.1, 0.15) is 19.4 Å². The Morgan fingerprint density at radius 1 is 1.00 bits per heavy atom. The van der Waals surface area contributed by atoms with E-state index in [-0.39, 0.29) is 11.8 Å². The molecule has 5 nitrogen and oxygen atoms in total. The zero-order chi connectivity index (χ0) is 18.3. The number of para-hydroxylation sites is 1. The largest absolute Gasteiger partial charge is 0.497 e. The van der Waals surface area contributed by atoms with Crippen molar-refractivity contribution >= 4 is 17.5 Å². The van der Waals surface area contributed by atoms with Gasteiger partial charge in [0.25, 0.3) is 0 Å². The van der Waals surface area contributed by atoms with E-state index in [1.165, 1.54) is 0 Å². The summed E-state index contributed by atoms with van der Waals surface area (Å²) >= 11 is 0. The number of rotatable bonds is 7. The number of carbonyl (C=O) groups is 2. The van der Waals surface area contributed by atoms with Crippen molar-refractivity contribution < 1.29 is 14.3 Å². The summed E-state index contributed by atoms with van der Waals surface area (Å²) in [5, 5.41) is 5.60. The first-order valence-electron chi connectivity index (χ1n) is 8.21. The molecule has 0 aromatic heterocycles. The first-order valence-corrected chi connectivity index (χ1v) is 8.21. The highest BCUT2D eigenvalue weighted by molar-refractivity contribution is 6.09. The van der Waals surface area contributed by atoms with Crippen LogP contribution in [0.3, 0.4) is 0 Å². The Labute approximate surface area is 148 Å². The molecule has 0 fully saturated rings. The van der Waals surface area contributed by atoms with Crippen molar-refractivity contribution in [3.05, 3.63) is 60.2 Å². The fraction of sp³-hybridized carbons (Fsp3) is 0.300. The minimum Gasteiger partial charge on any atom is -0.497 e. The Bertz CT molecular complexity index is 727. The maximum absolute atomic E-state index is 12.4. The summed E-state index contributed by atoms with van der Waals surface area (Å²) in [5.74, 6) is 0.146. The molecule has 2 aromatic carbocycles. The van der Waals surface area contributed by atoms with Crippen LogP contribution in [0.25, 0.3) is 0 Å². The molecule has 2 amide bonds. The lowest BCUT2D eigenvalue weighted by molar-refractivity contribution is -0.138. The lowest BCUT2D eigenvalue weighted by atomic mass is 9.91. The van der Waals surface area contributed by atoms with E-state index in [1.54, 1.807) is 33.1 Å². The Hall–Kier alpha value is -2.82. The van der Waals surface area contributed by atoms with Crippen LogP contribution in [0.2, 0.25) is 0 Å². The van der Waals surface area contributed by atoms with Crippen molar-refractivity contribution in [1.29, 1.82) is 0 Å². The lowest BCUT2D eigenvalue weighted by Crippen LogP contribution is -2.45. The number of benzene rings is 2. The van der Waals surface area contributed by atoms with Crippen molar-refractivity contribution in [1.82, 2.24) is 5.32 Å². The summed E-state index contributed by atoms with van der Waals surface area (Å²) < 4.78 is 5.18. The van der Waals surface area contributed by atoms with Gasteiger partial charge in [-0.25, -0.2) is 0 Å². The quantitative estimate of drug-likeness (QED) is 0.761. The number of carbonyl (C=O) groups excluding carboxylic acids is 2. The van der Waals surface area contributed by atoms with Gasteiger partial charge in [-0.05, 0) is 50.1 Å². The van der Waals surface area contributed by atoms with Gasteiger partial charge in [0.15, 0.2) is 0 Å². The van der Waals surface area contributed by atoms with Crippen LogP contribution in [0.5, 0.6) is 5.75 Å². The van der Waals surface area contributed by atoms with Crippen LogP contribution in [-0.4, -0.2) is 25.5 Å². The van der Waals surface area contributed by atoms with Gasteiger partial charge in [0.1, 0.15) is 11.2 Å². The summed E-state index contributed by atoms with van der Waals surface area (Å²) in [4.78, 5) is 24.8. The van der Waals surface area contributed by atoms with Crippen molar-refractivity contribution in [2.45, 2.75) is 20.3 Å². The predicted octanol–water partition coefficient (Wildman–Crippen LogP) is 3.02.